The number of halogens is 2. The predicted molar refractivity (Wildman–Crippen MR) is 74.2 cm³/mol. The zero-order valence-corrected chi connectivity index (χ0v) is 10.7. The van der Waals surface area contributed by atoms with Crippen molar-refractivity contribution in [2.24, 2.45) is 5.73 Å². The van der Waals surface area contributed by atoms with Crippen LogP contribution in [-0.4, -0.2) is 16.5 Å². The van der Waals surface area contributed by atoms with Gasteiger partial charge in [0.15, 0.2) is 11.6 Å². The molecule has 3 nitrogen and oxygen atoms in total. The third kappa shape index (κ3) is 2.28. The highest BCUT2D eigenvalue weighted by molar-refractivity contribution is 5.79. The van der Waals surface area contributed by atoms with Crippen molar-refractivity contribution < 1.29 is 8.78 Å². The maximum absolute atomic E-state index is 13.2. The Hall–Kier alpha value is -2.27. The van der Waals surface area contributed by atoms with Crippen molar-refractivity contribution >= 4 is 11.0 Å². The first kappa shape index (κ1) is 12.7. The maximum Gasteiger partial charge on any atom is 0.161 e. The summed E-state index contributed by atoms with van der Waals surface area (Å²) in [4.78, 5) is 7.26. The molecule has 0 saturated heterocycles. The van der Waals surface area contributed by atoms with Gasteiger partial charge < -0.3 is 10.7 Å². The Labute approximate surface area is 114 Å². The molecule has 102 valence electrons. The molecular formula is C15H13F2N3. The van der Waals surface area contributed by atoms with Crippen molar-refractivity contribution in [2.75, 3.05) is 6.54 Å². The highest BCUT2D eigenvalue weighted by Crippen LogP contribution is 2.22. The molecule has 20 heavy (non-hydrogen) atoms. The average Bonchev–Trinajstić information content (AvgIpc) is 2.83. The fourth-order valence-electron chi connectivity index (χ4n) is 2.14. The number of aromatic amines is 1. The molecule has 0 fully saturated rings. The number of hydrogen-bond acceptors (Lipinski definition) is 2. The quantitative estimate of drug-likeness (QED) is 0.770. The van der Waals surface area contributed by atoms with Gasteiger partial charge in [-0.3, -0.25) is 0 Å². The van der Waals surface area contributed by atoms with Gasteiger partial charge in [0.2, 0.25) is 0 Å². The normalized spacial score (nSPS) is 11.2. The van der Waals surface area contributed by atoms with E-state index in [0.29, 0.717) is 23.4 Å². The van der Waals surface area contributed by atoms with E-state index in [1.165, 1.54) is 0 Å². The first-order chi connectivity index (χ1) is 9.67. The average molecular weight is 273 g/mol. The molecule has 0 radical (unpaired) electrons. The molecule has 3 aromatic rings. The van der Waals surface area contributed by atoms with Crippen LogP contribution in [0.25, 0.3) is 22.4 Å². The van der Waals surface area contributed by atoms with Crippen LogP contribution in [0, 0.1) is 11.6 Å². The number of nitrogens with one attached hydrogen (secondary N) is 1. The fourth-order valence-corrected chi connectivity index (χ4v) is 2.14. The van der Waals surface area contributed by atoms with Crippen molar-refractivity contribution in [1.82, 2.24) is 9.97 Å². The summed E-state index contributed by atoms with van der Waals surface area (Å²) in [7, 11) is 0. The highest BCUT2D eigenvalue weighted by atomic mass is 19.2. The van der Waals surface area contributed by atoms with Crippen LogP contribution in [-0.2, 0) is 6.42 Å². The number of hydrogen-bond donors (Lipinski definition) is 2. The molecule has 0 aliphatic rings. The number of fused-ring (bicyclic) bond motifs is 1. The van der Waals surface area contributed by atoms with Crippen LogP contribution in [0.5, 0.6) is 0 Å². The van der Waals surface area contributed by atoms with Gasteiger partial charge in [-0.15, -0.1) is 0 Å². The Morgan fingerprint density at radius 3 is 2.45 bits per heavy atom. The third-order valence-electron chi connectivity index (χ3n) is 3.18. The minimum atomic E-state index is -0.895. The smallest absolute Gasteiger partial charge is 0.161 e. The van der Waals surface area contributed by atoms with E-state index in [-0.39, 0.29) is 0 Å². The maximum atomic E-state index is 13.2. The van der Waals surface area contributed by atoms with E-state index in [0.717, 1.165) is 29.7 Å². The summed E-state index contributed by atoms with van der Waals surface area (Å²) in [6.07, 6.45) is 0.816. The highest BCUT2D eigenvalue weighted by Gasteiger charge is 2.09. The van der Waals surface area contributed by atoms with Crippen molar-refractivity contribution in [3.8, 4) is 11.4 Å². The summed E-state index contributed by atoms with van der Waals surface area (Å²) in [5, 5.41) is 0. The number of H-pyrrole nitrogens is 1. The molecule has 5 heteroatoms. The van der Waals surface area contributed by atoms with Crippen molar-refractivity contribution in [3.05, 3.63) is 53.6 Å². The third-order valence-corrected chi connectivity index (χ3v) is 3.18. The first-order valence-electron chi connectivity index (χ1n) is 6.31. The minimum Gasteiger partial charge on any atom is -0.338 e. The van der Waals surface area contributed by atoms with Crippen LogP contribution in [0.3, 0.4) is 0 Å². The Balaban J connectivity index is 2.01. The summed E-state index contributed by atoms with van der Waals surface area (Å²) in [6.45, 7) is 0.600. The summed E-state index contributed by atoms with van der Waals surface area (Å²) in [5.41, 5.74) is 8.39. The van der Waals surface area contributed by atoms with Crippen LogP contribution in [0.2, 0.25) is 0 Å². The second kappa shape index (κ2) is 5.02. The molecule has 0 unspecified atom stereocenters. The molecule has 3 N–H and O–H groups in total. The lowest BCUT2D eigenvalue weighted by Crippen LogP contribution is -2.02. The van der Waals surface area contributed by atoms with Crippen LogP contribution < -0.4 is 5.73 Å². The molecule has 0 spiro atoms. The Morgan fingerprint density at radius 2 is 1.75 bits per heavy atom. The van der Waals surface area contributed by atoms with Crippen LogP contribution in [0.1, 0.15) is 5.56 Å². The van der Waals surface area contributed by atoms with Crippen LogP contribution in [0.15, 0.2) is 36.4 Å². The van der Waals surface area contributed by atoms with E-state index < -0.39 is 11.6 Å². The summed E-state index contributed by atoms with van der Waals surface area (Å²) in [5.74, 6) is -1.19. The SMILES string of the molecule is NCCc1ccc(-c2nc3cc(F)c(F)cc3[nH]2)cc1. The molecule has 3 rings (SSSR count). The lowest BCUT2D eigenvalue weighted by Gasteiger charge is -2.00. The second-order valence-electron chi connectivity index (χ2n) is 4.60. The zero-order chi connectivity index (χ0) is 14.1. The van der Waals surface area contributed by atoms with Gasteiger partial charge in [0.1, 0.15) is 5.82 Å². The standard InChI is InChI=1S/C15H13F2N3/c16-11-7-13-14(8-12(11)17)20-15(19-13)10-3-1-9(2-4-10)5-6-18/h1-4,7-8H,5-6,18H2,(H,19,20). The molecule has 0 bridgehead atoms. The van der Waals surface area contributed by atoms with Gasteiger partial charge in [-0.05, 0) is 18.5 Å². The van der Waals surface area contributed by atoms with Crippen molar-refractivity contribution in [2.45, 2.75) is 6.42 Å². The van der Waals surface area contributed by atoms with Gasteiger partial charge in [0.25, 0.3) is 0 Å². The van der Waals surface area contributed by atoms with Crippen LogP contribution in [0.4, 0.5) is 8.78 Å². The predicted octanol–water partition coefficient (Wildman–Crippen LogP) is 3.01. The van der Waals surface area contributed by atoms with E-state index in [1.54, 1.807) is 0 Å². The van der Waals surface area contributed by atoms with Gasteiger partial charge in [0, 0.05) is 17.7 Å². The number of nitrogens with two attached hydrogens (primary N) is 1. The number of benzene rings is 2. The minimum absolute atomic E-state index is 0.407. The first-order valence-corrected chi connectivity index (χ1v) is 6.31. The van der Waals surface area contributed by atoms with Crippen LogP contribution >= 0.6 is 0 Å². The zero-order valence-electron chi connectivity index (χ0n) is 10.7. The molecule has 1 aromatic heterocycles. The largest absolute Gasteiger partial charge is 0.338 e. The molecule has 1 heterocycles. The molecule has 0 saturated carbocycles. The summed E-state index contributed by atoms with van der Waals surface area (Å²) in [6, 6.07) is 9.97. The molecule has 0 aliphatic carbocycles. The molecule has 2 aromatic carbocycles. The number of imidazole rings is 1. The molecule has 0 amide bonds. The van der Waals surface area contributed by atoms with E-state index in [2.05, 4.69) is 9.97 Å². The molecular weight excluding hydrogens is 260 g/mol. The lowest BCUT2D eigenvalue weighted by atomic mass is 10.1. The summed E-state index contributed by atoms with van der Waals surface area (Å²) < 4.78 is 26.3. The van der Waals surface area contributed by atoms with Gasteiger partial charge in [-0.25, -0.2) is 13.8 Å². The van der Waals surface area contributed by atoms with Crippen molar-refractivity contribution in [3.63, 3.8) is 0 Å². The number of nitrogens with zero attached hydrogens (tertiary/aromatic N) is 1. The van der Waals surface area contributed by atoms with Gasteiger partial charge in [-0.2, -0.15) is 0 Å². The topological polar surface area (TPSA) is 54.7 Å². The number of aromatic nitrogens is 2. The molecule has 0 aliphatic heterocycles. The fraction of sp³-hybridized carbons (Fsp3) is 0.133. The van der Waals surface area contributed by atoms with E-state index in [1.807, 2.05) is 24.3 Å². The van der Waals surface area contributed by atoms with E-state index >= 15 is 0 Å². The van der Waals surface area contributed by atoms with E-state index in [9.17, 15) is 8.78 Å². The number of rotatable bonds is 3. The lowest BCUT2D eigenvalue weighted by molar-refractivity contribution is 0.510. The summed E-state index contributed by atoms with van der Waals surface area (Å²) >= 11 is 0. The Kier molecular flexibility index (Phi) is 3.20. The second-order valence-corrected chi connectivity index (χ2v) is 4.60. The van der Waals surface area contributed by atoms with Crippen molar-refractivity contribution in [1.29, 1.82) is 0 Å². The van der Waals surface area contributed by atoms with Gasteiger partial charge in [0.05, 0.1) is 11.0 Å². The van der Waals surface area contributed by atoms with E-state index in [4.69, 9.17) is 5.73 Å². The Bertz CT molecular complexity index is 709. The molecule has 0 atom stereocenters. The Morgan fingerprint density at radius 1 is 1.05 bits per heavy atom. The van der Waals surface area contributed by atoms with Gasteiger partial charge >= 0.3 is 0 Å². The van der Waals surface area contributed by atoms with Gasteiger partial charge in [-0.1, -0.05) is 24.3 Å². The monoisotopic (exact) mass is 273 g/mol.